The largest absolute Gasteiger partial charge is 0.522 e. The number of aromatic nitrogens is 6. The van der Waals surface area contributed by atoms with Crippen molar-refractivity contribution in [2.24, 2.45) is 0 Å². The molecule has 262 valence electrons. The second-order valence-corrected chi connectivity index (χ2v) is 12.2. The number of hydrogen-bond acceptors (Lipinski definition) is 12. The number of nitrogens with zero attached hydrogens (tertiary/aromatic N) is 7. The van der Waals surface area contributed by atoms with Crippen LogP contribution >= 0.6 is 11.6 Å². The average Bonchev–Trinajstić information content (AvgIpc) is 3.00. The second-order valence-electron chi connectivity index (χ2n) is 10.5. The molecular formula is C25H42ClF3N10O6S. The summed E-state index contributed by atoms with van der Waals surface area (Å²) in [6.45, 7) is 14.9. The number of halogens is 4. The van der Waals surface area contributed by atoms with Gasteiger partial charge in [-0.3, -0.25) is 23.3 Å². The van der Waals surface area contributed by atoms with E-state index < -0.39 is 21.3 Å². The molecule has 4 rings (SSSR count). The van der Waals surface area contributed by atoms with Crippen molar-refractivity contribution in [3.8, 4) is 0 Å². The Hall–Kier alpha value is -3.07. The van der Waals surface area contributed by atoms with E-state index in [4.69, 9.17) is 24.6 Å². The number of anilines is 2. The van der Waals surface area contributed by atoms with E-state index >= 15 is 0 Å². The lowest BCUT2D eigenvalue weighted by Crippen LogP contribution is -2.44. The topological polar surface area (TPSA) is 200 Å². The molecule has 2 fully saturated rings. The molecular weight excluding hydrogens is 661 g/mol. The molecule has 2 saturated heterocycles. The molecule has 2 aliphatic rings. The van der Waals surface area contributed by atoms with E-state index in [1.54, 1.807) is 6.92 Å². The van der Waals surface area contributed by atoms with Crippen LogP contribution in [0.25, 0.3) is 0 Å². The number of likely N-dealkylation sites (tertiary alicyclic amines) is 2. The normalized spacial score (nSPS) is 19.3. The third-order valence-electron chi connectivity index (χ3n) is 7.37. The van der Waals surface area contributed by atoms with Crippen LogP contribution in [0.15, 0.2) is 14.4 Å². The molecule has 2 aromatic heterocycles. The van der Waals surface area contributed by atoms with Crippen molar-refractivity contribution in [3.05, 3.63) is 36.5 Å². The molecule has 0 unspecified atom stereocenters. The maximum absolute atomic E-state index is 12.1. The summed E-state index contributed by atoms with van der Waals surface area (Å²) in [4.78, 5) is 40.3. The number of alkyl halides is 3. The third kappa shape index (κ3) is 11.3. The van der Waals surface area contributed by atoms with Crippen LogP contribution in [0.5, 0.6) is 0 Å². The number of rotatable bonds is 8. The van der Waals surface area contributed by atoms with Gasteiger partial charge in [-0.1, -0.05) is 13.8 Å². The Morgan fingerprint density at radius 3 is 1.74 bits per heavy atom. The van der Waals surface area contributed by atoms with E-state index in [2.05, 4.69) is 54.7 Å². The van der Waals surface area contributed by atoms with Crippen LogP contribution in [0, 0.1) is 0 Å². The van der Waals surface area contributed by atoms with Crippen molar-refractivity contribution < 1.29 is 26.1 Å². The van der Waals surface area contributed by atoms with Crippen molar-refractivity contribution in [3.63, 3.8) is 0 Å². The molecule has 0 spiro atoms. The molecule has 2 aromatic rings. The van der Waals surface area contributed by atoms with Gasteiger partial charge in [0.1, 0.15) is 0 Å². The summed E-state index contributed by atoms with van der Waals surface area (Å²) in [7, 11) is -5.84. The van der Waals surface area contributed by atoms with Crippen LogP contribution in [0.4, 0.5) is 24.8 Å². The zero-order valence-corrected chi connectivity index (χ0v) is 27.8. The molecule has 4 heterocycles. The first-order valence-corrected chi connectivity index (χ1v) is 16.7. The van der Waals surface area contributed by atoms with Crippen molar-refractivity contribution >= 4 is 33.4 Å². The molecule has 0 aliphatic carbocycles. The zero-order valence-electron chi connectivity index (χ0n) is 26.2. The molecule has 0 bridgehead atoms. The zero-order chi connectivity index (χ0) is 34.7. The lowest BCUT2D eigenvalue weighted by molar-refractivity contribution is -0.0510. The summed E-state index contributed by atoms with van der Waals surface area (Å²) in [5, 5.41) is 20.4. The van der Waals surface area contributed by atoms with Gasteiger partial charge in [0.15, 0.2) is 0 Å². The van der Waals surface area contributed by atoms with E-state index in [0.29, 0.717) is 18.9 Å². The Bertz CT molecular complexity index is 1550. The molecule has 16 nitrogen and oxygen atoms in total. The monoisotopic (exact) mass is 702 g/mol. The molecule has 46 heavy (non-hydrogen) atoms. The maximum Gasteiger partial charge on any atom is 0.522 e. The molecule has 0 saturated carbocycles. The van der Waals surface area contributed by atoms with E-state index in [-0.39, 0.29) is 34.3 Å². The first kappa shape index (κ1) is 39.1. The van der Waals surface area contributed by atoms with Gasteiger partial charge in [0.05, 0.1) is 0 Å². The molecule has 0 radical (unpaired) electrons. The highest BCUT2D eigenvalue weighted by molar-refractivity contribution is 7.86. The molecule has 4 N–H and O–H groups in total. The first-order chi connectivity index (χ1) is 21.6. The SMILES string of the molecule is CCN1CCC[C@@H](Nc2n[nH]c(=O)n(CC)c2=O)C1.CCN1CCC[C@@H](Nc2nnc(Cl)n(CC)c2=O)C1.O=S(=O)(O)C(F)(F)F. The summed E-state index contributed by atoms with van der Waals surface area (Å²) in [5.41, 5.74) is -6.54. The average molecular weight is 703 g/mol. The predicted molar refractivity (Wildman–Crippen MR) is 167 cm³/mol. The van der Waals surface area contributed by atoms with Crippen molar-refractivity contribution in [1.29, 1.82) is 0 Å². The van der Waals surface area contributed by atoms with Gasteiger partial charge in [-0.05, 0) is 77.3 Å². The number of H-pyrrole nitrogens is 1. The number of nitrogens with one attached hydrogen (secondary N) is 3. The van der Waals surface area contributed by atoms with Gasteiger partial charge in [-0.15, -0.1) is 15.3 Å². The highest BCUT2D eigenvalue weighted by Crippen LogP contribution is 2.20. The summed E-state index contributed by atoms with van der Waals surface area (Å²) >= 11 is 5.84. The first-order valence-electron chi connectivity index (χ1n) is 14.9. The summed E-state index contributed by atoms with van der Waals surface area (Å²) in [6, 6.07) is 0.465. The maximum atomic E-state index is 12.1. The second kappa shape index (κ2) is 17.7. The molecule has 0 amide bonds. The van der Waals surface area contributed by atoms with Crippen LogP contribution in [-0.2, 0) is 23.2 Å². The van der Waals surface area contributed by atoms with Gasteiger partial charge in [0.2, 0.25) is 16.9 Å². The Labute approximate surface area is 269 Å². The minimum Gasteiger partial charge on any atom is -0.360 e. The summed E-state index contributed by atoms with van der Waals surface area (Å²) in [5.74, 6) is 0.540. The summed E-state index contributed by atoms with van der Waals surface area (Å²) < 4.78 is 60.1. The Balaban J connectivity index is 0.000000261. The fraction of sp³-hybridized carbons (Fsp3) is 0.760. The van der Waals surface area contributed by atoms with Gasteiger partial charge < -0.3 is 20.4 Å². The standard InChI is InChI=1S/C12H20ClN5O.C12H21N5O2.CHF3O3S/c1-3-17-7-5-6-9(8-17)14-10-11(19)18(4-2)12(13)16-15-10;1-3-16-7-5-6-9(8-16)13-10-11(18)17(4-2)12(19)15-14-10;2-1(3,4)8(5,6)7/h9H,3-8H2,1-2H3,(H,14,15);9H,3-8H2,1-2H3,(H,13,14)(H,15,19);(H,5,6,7)/t2*9-;/m11./s1. The minimum absolute atomic E-state index is 0.136. The van der Waals surface area contributed by atoms with Crippen molar-refractivity contribution in [1.82, 2.24) is 39.3 Å². The fourth-order valence-corrected chi connectivity index (χ4v) is 5.12. The number of hydrogen-bond donors (Lipinski definition) is 4. The fourth-order valence-electron chi connectivity index (χ4n) is 4.89. The minimum atomic E-state index is -5.84. The van der Waals surface area contributed by atoms with E-state index in [0.717, 1.165) is 69.5 Å². The number of likely N-dealkylation sites (N-methyl/N-ethyl adjacent to an activating group) is 2. The Kier molecular flexibility index (Phi) is 15.1. The van der Waals surface area contributed by atoms with Gasteiger partial charge in [0.25, 0.3) is 11.1 Å². The van der Waals surface area contributed by atoms with E-state index in [1.165, 1.54) is 4.57 Å². The quantitative estimate of drug-likeness (QED) is 0.228. The molecule has 2 atom stereocenters. The molecule has 0 aromatic carbocycles. The van der Waals surface area contributed by atoms with Crippen molar-refractivity contribution in [2.45, 2.75) is 84.1 Å². The Morgan fingerprint density at radius 1 is 0.848 bits per heavy atom. The van der Waals surface area contributed by atoms with Gasteiger partial charge in [0, 0.05) is 38.3 Å². The van der Waals surface area contributed by atoms with E-state index in [9.17, 15) is 27.6 Å². The smallest absolute Gasteiger partial charge is 0.360 e. The van der Waals surface area contributed by atoms with Crippen LogP contribution < -0.4 is 27.4 Å². The third-order valence-corrected chi connectivity index (χ3v) is 8.24. The van der Waals surface area contributed by atoms with Crippen LogP contribution in [0.1, 0.15) is 53.4 Å². The lowest BCUT2D eigenvalue weighted by Gasteiger charge is -2.32. The van der Waals surface area contributed by atoms with Crippen LogP contribution in [0.2, 0.25) is 5.28 Å². The number of aromatic amines is 1. The van der Waals surface area contributed by atoms with Gasteiger partial charge >= 0.3 is 21.3 Å². The van der Waals surface area contributed by atoms with E-state index in [1.807, 2.05) is 6.92 Å². The predicted octanol–water partition coefficient (Wildman–Crippen LogP) is 1.45. The highest BCUT2D eigenvalue weighted by atomic mass is 35.5. The van der Waals surface area contributed by atoms with Gasteiger partial charge in [-0.2, -0.15) is 21.6 Å². The number of piperidine rings is 2. The van der Waals surface area contributed by atoms with Crippen LogP contribution in [0.3, 0.4) is 0 Å². The highest BCUT2D eigenvalue weighted by Gasteiger charge is 2.44. The molecule has 21 heteroatoms. The lowest BCUT2D eigenvalue weighted by atomic mass is 10.1. The van der Waals surface area contributed by atoms with Gasteiger partial charge in [-0.25, -0.2) is 9.89 Å². The molecule has 2 aliphatic heterocycles. The van der Waals surface area contributed by atoms with Crippen LogP contribution in [-0.4, -0.2) is 109 Å². The van der Waals surface area contributed by atoms with Crippen molar-refractivity contribution in [2.75, 3.05) is 49.9 Å². The Morgan fingerprint density at radius 2 is 1.30 bits per heavy atom. The summed E-state index contributed by atoms with van der Waals surface area (Å²) in [6.07, 6.45) is 4.31.